The van der Waals surface area contributed by atoms with E-state index in [-0.39, 0.29) is 11.5 Å². The van der Waals surface area contributed by atoms with Crippen LogP contribution in [0.2, 0.25) is 0 Å². The van der Waals surface area contributed by atoms with Crippen LogP contribution in [0.4, 0.5) is 17.1 Å². The van der Waals surface area contributed by atoms with Gasteiger partial charge in [-0.1, -0.05) is 60.7 Å². The van der Waals surface area contributed by atoms with Crippen molar-refractivity contribution in [2.45, 2.75) is 4.90 Å². The molecule has 212 valence electrons. The van der Waals surface area contributed by atoms with Gasteiger partial charge in [0.05, 0.1) is 31.7 Å². The fraction of sp³-hybridized carbons (Fsp3) is 0.194. The Morgan fingerprint density at radius 3 is 2.32 bits per heavy atom. The molecule has 1 fully saturated rings. The van der Waals surface area contributed by atoms with Gasteiger partial charge in [0.2, 0.25) is 0 Å². The molecule has 41 heavy (non-hydrogen) atoms. The molecule has 4 aromatic carbocycles. The molecule has 10 heteroatoms. The molecule has 0 radical (unpaired) electrons. The molecule has 0 aromatic heterocycles. The third-order valence-corrected chi connectivity index (χ3v) is 7.96. The maximum absolute atomic E-state index is 13.7. The van der Waals surface area contributed by atoms with Crippen molar-refractivity contribution in [3.8, 4) is 22.6 Å². The Kier molecular flexibility index (Phi) is 8.71. The zero-order chi connectivity index (χ0) is 28.7. The number of ether oxygens (including phenoxy) is 3. The molecule has 0 spiro atoms. The minimum atomic E-state index is -4.07. The van der Waals surface area contributed by atoms with Crippen LogP contribution in [0, 0.1) is 0 Å². The first-order chi connectivity index (χ1) is 19.9. The topological polar surface area (TPSA) is 106 Å². The second-order valence-corrected chi connectivity index (χ2v) is 10.9. The standard InChI is InChI=1S/C31H31N3O6S/c1-38-29-14-8-6-12-26(29)33-41(36,37)30-21-24(15-16-27(30)34-17-19-39-20-18-34)32-31(35)22-40-28-13-7-5-11-25(28)23-9-3-2-4-10-23/h2-16,21,33H,17-20,22H2,1H3,(H,32,35). The molecule has 0 aliphatic carbocycles. The summed E-state index contributed by atoms with van der Waals surface area (Å²) in [4.78, 5) is 14.9. The van der Waals surface area contributed by atoms with Gasteiger partial charge in [-0.3, -0.25) is 9.52 Å². The van der Waals surface area contributed by atoms with Gasteiger partial charge < -0.3 is 24.4 Å². The third kappa shape index (κ3) is 6.79. The number of carbonyl (C=O) groups excluding carboxylic acids is 1. The minimum absolute atomic E-state index is 0.0263. The lowest BCUT2D eigenvalue weighted by molar-refractivity contribution is -0.118. The zero-order valence-electron chi connectivity index (χ0n) is 22.6. The predicted octanol–water partition coefficient (Wildman–Crippen LogP) is 5.02. The quantitative estimate of drug-likeness (QED) is 0.275. The zero-order valence-corrected chi connectivity index (χ0v) is 23.4. The van der Waals surface area contributed by atoms with Crippen LogP contribution in [0.5, 0.6) is 11.5 Å². The smallest absolute Gasteiger partial charge is 0.264 e. The van der Waals surface area contributed by atoms with E-state index in [4.69, 9.17) is 14.2 Å². The number of rotatable bonds is 10. The number of morpholine rings is 1. The summed E-state index contributed by atoms with van der Waals surface area (Å²) in [6, 6.07) is 28.9. The van der Waals surface area contributed by atoms with E-state index in [0.29, 0.717) is 54.9 Å². The molecule has 0 saturated carbocycles. The maximum Gasteiger partial charge on any atom is 0.264 e. The number of sulfonamides is 1. The van der Waals surface area contributed by atoms with Gasteiger partial charge in [-0.2, -0.15) is 0 Å². The molecule has 0 bridgehead atoms. The SMILES string of the molecule is COc1ccccc1NS(=O)(=O)c1cc(NC(=O)COc2ccccc2-c2ccccc2)ccc1N1CCOCC1. The summed E-state index contributed by atoms with van der Waals surface area (Å²) in [6.07, 6.45) is 0. The van der Waals surface area contributed by atoms with Crippen LogP contribution in [-0.2, 0) is 19.6 Å². The first-order valence-electron chi connectivity index (χ1n) is 13.1. The fourth-order valence-electron chi connectivity index (χ4n) is 4.59. The molecular formula is C31H31N3O6S. The van der Waals surface area contributed by atoms with Crippen LogP contribution in [-0.4, -0.2) is 54.3 Å². The van der Waals surface area contributed by atoms with E-state index >= 15 is 0 Å². The summed E-state index contributed by atoms with van der Waals surface area (Å²) in [5, 5.41) is 2.78. The van der Waals surface area contributed by atoms with Crippen molar-refractivity contribution in [1.29, 1.82) is 0 Å². The number of hydrogen-bond acceptors (Lipinski definition) is 7. The van der Waals surface area contributed by atoms with Crippen molar-refractivity contribution in [2.24, 2.45) is 0 Å². The Morgan fingerprint density at radius 1 is 0.878 bits per heavy atom. The molecule has 2 N–H and O–H groups in total. The molecule has 0 unspecified atom stereocenters. The van der Waals surface area contributed by atoms with Gasteiger partial charge in [-0.15, -0.1) is 0 Å². The van der Waals surface area contributed by atoms with Gasteiger partial charge in [0, 0.05) is 24.3 Å². The van der Waals surface area contributed by atoms with Crippen LogP contribution in [0.25, 0.3) is 11.1 Å². The van der Waals surface area contributed by atoms with Crippen LogP contribution in [0.3, 0.4) is 0 Å². The van der Waals surface area contributed by atoms with E-state index in [1.165, 1.54) is 13.2 Å². The van der Waals surface area contributed by atoms with Gasteiger partial charge in [-0.25, -0.2) is 8.42 Å². The molecule has 1 heterocycles. The Balaban J connectivity index is 1.37. The number of nitrogens with zero attached hydrogens (tertiary/aromatic N) is 1. The minimum Gasteiger partial charge on any atom is -0.495 e. The summed E-state index contributed by atoms with van der Waals surface area (Å²) in [7, 11) is -2.60. The Hall–Kier alpha value is -4.54. The first kappa shape index (κ1) is 28.0. The largest absolute Gasteiger partial charge is 0.495 e. The highest BCUT2D eigenvalue weighted by atomic mass is 32.2. The summed E-state index contributed by atoms with van der Waals surface area (Å²) >= 11 is 0. The van der Waals surface area contributed by atoms with E-state index in [0.717, 1.165) is 11.1 Å². The number of hydrogen-bond donors (Lipinski definition) is 2. The number of methoxy groups -OCH3 is 1. The number of amides is 1. The molecule has 0 atom stereocenters. The van der Waals surface area contributed by atoms with E-state index < -0.39 is 15.9 Å². The van der Waals surface area contributed by atoms with Crippen molar-refractivity contribution in [2.75, 3.05) is 55.0 Å². The van der Waals surface area contributed by atoms with Crippen molar-refractivity contribution >= 4 is 33.0 Å². The number of carbonyl (C=O) groups is 1. The van der Waals surface area contributed by atoms with Crippen molar-refractivity contribution in [3.63, 3.8) is 0 Å². The van der Waals surface area contributed by atoms with Gasteiger partial charge in [-0.05, 0) is 42.0 Å². The van der Waals surface area contributed by atoms with Gasteiger partial charge in [0.25, 0.3) is 15.9 Å². The first-order valence-corrected chi connectivity index (χ1v) is 14.6. The normalized spacial score (nSPS) is 13.3. The Morgan fingerprint density at radius 2 is 1.56 bits per heavy atom. The molecule has 4 aromatic rings. The van der Waals surface area contributed by atoms with E-state index in [1.54, 1.807) is 42.5 Å². The van der Waals surface area contributed by atoms with Crippen LogP contribution in [0.1, 0.15) is 0 Å². The average Bonchev–Trinajstić information content (AvgIpc) is 3.01. The second kappa shape index (κ2) is 12.8. The van der Waals surface area contributed by atoms with Crippen molar-refractivity contribution in [3.05, 3.63) is 97.1 Å². The van der Waals surface area contributed by atoms with Crippen LogP contribution in [0.15, 0.2) is 102 Å². The van der Waals surface area contributed by atoms with E-state index in [1.807, 2.05) is 53.4 Å². The molecular weight excluding hydrogens is 542 g/mol. The summed E-state index contributed by atoms with van der Waals surface area (Å²) in [5.41, 5.74) is 2.99. The Labute approximate surface area is 239 Å². The highest BCUT2D eigenvalue weighted by molar-refractivity contribution is 7.93. The van der Waals surface area contributed by atoms with Gasteiger partial charge >= 0.3 is 0 Å². The number of benzene rings is 4. The monoisotopic (exact) mass is 573 g/mol. The lowest BCUT2D eigenvalue weighted by Gasteiger charge is -2.30. The predicted molar refractivity (Wildman–Crippen MR) is 159 cm³/mol. The number of para-hydroxylation sites is 3. The number of nitrogens with one attached hydrogen (secondary N) is 2. The molecule has 1 amide bonds. The third-order valence-electron chi connectivity index (χ3n) is 6.57. The van der Waals surface area contributed by atoms with Crippen molar-refractivity contribution < 1.29 is 27.4 Å². The lowest BCUT2D eigenvalue weighted by atomic mass is 10.1. The second-order valence-electron chi connectivity index (χ2n) is 9.29. The van der Waals surface area contributed by atoms with Gasteiger partial charge in [0.15, 0.2) is 6.61 Å². The molecule has 1 saturated heterocycles. The summed E-state index contributed by atoms with van der Waals surface area (Å²) in [6.45, 7) is 1.80. The fourth-order valence-corrected chi connectivity index (χ4v) is 5.91. The van der Waals surface area contributed by atoms with Crippen LogP contribution < -0.4 is 24.4 Å². The Bertz CT molecular complexity index is 1610. The van der Waals surface area contributed by atoms with Crippen molar-refractivity contribution in [1.82, 2.24) is 0 Å². The highest BCUT2D eigenvalue weighted by Gasteiger charge is 2.25. The van der Waals surface area contributed by atoms with Gasteiger partial charge in [0.1, 0.15) is 16.4 Å². The molecule has 1 aliphatic rings. The molecule has 1 aliphatic heterocycles. The molecule has 9 nitrogen and oxygen atoms in total. The lowest BCUT2D eigenvalue weighted by Crippen LogP contribution is -2.37. The average molecular weight is 574 g/mol. The summed E-state index contributed by atoms with van der Waals surface area (Å²) < 4.78 is 46.7. The van der Waals surface area contributed by atoms with E-state index in [9.17, 15) is 13.2 Å². The molecule has 5 rings (SSSR count). The highest BCUT2D eigenvalue weighted by Crippen LogP contribution is 2.33. The maximum atomic E-state index is 13.7. The van der Waals surface area contributed by atoms with Crippen LogP contribution >= 0.6 is 0 Å². The summed E-state index contributed by atoms with van der Waals surface area (Å²) in [5.74, 6) is 0.537. The number of anilines is 3. The van der Waals surface area contributed by atoms with E-state index in [2.05, 4.69) is 10.0 Å².